The molecule has 1 aromatic rings. The van der Waals surface area contributed by atoms with Crippen LogP contribution in [0.15, 0.2) is 12.4 Å². The molecule has 19 heavy (non-hydrogen) atoms. The average Bonchev–Trinajstić information content (AvgIpc) is 2.71. The van der Waals surface area contributed by atoms with E-state index in [1.165, 1.54) is 19.3 Å². The summed E-state index contributed by atoms with van der Waals surface area (Å²) < 4.78 is 0. The van der Waals surface area contributed by atoms with Gasteiger partial charge in [-0.25, -0.2) is 0 Å². The molecular formula is C16H25N3. The van der Waals surface area contributed by atoms with E-state index in [1.54, 1.807) is 0 Å². The highest BCUT2D eigenvalue weighted by molar-refractivity contribution is 5.13. The van der Waals surface area contributed by atoms with Crippen molar-refractivity contribution < 1.29 is 0 Å². The van der Waals surface area contributed by atoms with Crippen molar-refractivity contribution in [2.75, 3.05) is 0 Å². The minimum atomic E-state index is 0.440. The third-order valence-electron chi connectivity index (χ3n) is 6.16. The summed E-state index contributed by atoms with van der Waals surface area (Å²) in [5.74, 6) is 0.888. The maximum absolute atomic E-state index is 4.44. The zero-order valence-electron chi connectivity index (χ0n) is 12.5. The second-order valence-electron chi connectivity index (χ2n) is 7.19. The van der Waals surface area contributed by atoms with Gasteiger partial charge in [-0.1, -0.05) is 20.8 Å². The molecule has 2 aliphatic rings. The zero-order valence-corrected chi connectivity index (χ0v) is 12.5. The van der Waals surface area contributed by atoms with E-state index in [0.29, 0.717) is 16.9 Å². The fraction of sp³-hybridized carbons (Fsp3) is 0.750. The van der Waals surface area contributed by atoms with Crippen LogP contribution in [-0.2, 0) is 6.54 Å². The smallest absolute Gasteiger partial charge is 0.0724 e. The molecule has 3 nitrogen and oxygen atoms in total. The Morgan fingerprint density at radius 3 is 2.58 bits per heavy atom. The molecule has 1 aromatic heterocycles. The Hall–Kier alpha value is -0.960. The van der Waals surface area contributed by atoms with Crippen LogP contribution in [0.1, 0.15) is 51.4 Å². The predicted octanol–water partition coefficient (Wildman–Crippen LogP) is 3.09. The van der Waals surface area contributed by atoms with Crippen LogP contribution in [0, 0.1) is 23.7 Å². The van der Waals surface area contributed by atoms with Gasteiger partial charge >= 0.3 is 0 Å². The van der Waals surface area contributed by atoms with Crippen molar-refractivity contribution in [2.24, 2.45) is 16.7 Å². The molecule has 0 amide bonds. The van der Waals surface area contributed by atoms with Crippen molar-refractivity contribution in [1.82, 2.24) is 15.3 Å². The van der Waals surface area contributed by atoms with Crippen LogP contribution in [0.2, 0.25) is 0 Å². The van der Waals surface area contributed by atoms with Gasteiger partial charge in [-0.05, 0) is 42.9 Å². The standard InChI is InChI=1S/C16H25N3/c1-11-8-18-13(9-17-11)10-19-14-7-12-5-6-16(14,4)15(12,2)3/h8-9,12,14,19H,5-7,10H2,1-4H3. The van der Waals surface area contributed by atoms with Gasteiger partial charge < -0.3 is 5.32 Å². The van der Waals surface area contributed by atoms with Gasteiger partial charge in [-0.3, -0.25) is 9.97 Å². The van der Waals surface area contributed by atoms with Crippen LogP contribution < -0.4 is 5.32 Å². The number of aryl methyl sites for hydroxylation is 1. The lowest BCUT2D eigenvalue weighted by Gasteiger charge is -2.39. The fourth-order valence-electron chi connectivity index (χ4n) is 4.25. The molecule has 1 heterocycles. The lowest BCUT2D eigenvalue weighted by atomic mass is 9.69. The summed E-state index contributed by atoms with van der Waals surface area (Å²) >= 11 is 0. The number of hydrogen-bond donors (Lipinski definition) is 1. The van der Waals surface area contributed by atoms with E-state index < -0.39 is 0 Å². The Kier molecular flexibility index (Phi) is 2.93. The van der Waals surface area contributed by atoms with Crippen LogP contribution in [0.25, 0.3) is 0 Å². The Labute approximate surface area is 116 Å². The zero-order chi connectivity index (χ0) is 13.7. The van der Waals surface area contributed by atoms with Crippen LogP contribution in [-0.4, -0.2) is 16.0 Å². The second kappa shape index (κ2) is 4.27. The molecule has 0 aromatic carbocycles. The molecule has 2 saturated carbocycles. The molecule has 3 unspecified atom stereocenters. The van der Waals surface area contributed by atoms with Crippen LogP contribution in [0.5, 0.6) is 0 Å². The maximum Gasteiger partial charge on any atom is 0.0724 e. The summed E-state index contributed by atoms with van der Waals surface area (Å²) in [7, 11) is 0. The molecular weight excluding hydrogens is 234 g/mol. The summed E-state index contributed by atoms with van der Waals surface area (Å²) in [5.41, 5.74) is 2.95. The largest absolute Gasteiger partial charge is 0.308 e. The highest BCUT2D eigenvalue weighted by Gasteiger charge is 2.60. The van der Waals surface area contributed by atoms with Gasteiger partial charge in [-0.15, -0.1) is 0 Å². The summed E-state index contributed by atoms with van der Waals surface area (Å²) in [5, 5.41) is 3.74. The van der Waals surface area contributed by atoms with Crippen molar-refractivity contribution in [1.29, 1.82) is 0 Å². The molecule has 3 heteroatoms. The minimum Gasteiger partial charge on any atom is -0.308 e. The summed E-state index contributed by atoms with van der Waals surface area (Å²) in [4.78, 5) is 8.75. The SMILES string of the molecule is Cc1cnc(CNC2CC3CCC2(C)C3(C)C)cn1. The predicted molar refractivity (Wildman–Crippen MR) is 76.6 cm³/mol. The molecule has 0 aliphatic heterocycles. The first kappa shape index (κ1) is 13.0. The van der Waals surface area contributed by atoms with Gasteiger partial charge in [0.05, 0.1) is 11.4 Å². The number of nitrogens with one attached hydrogen (secondary N) is 1. The van der Waals surface area contributed by atoms with Gasteiger partial charge in [0, 0.05) is 25.0 Å². The molecule has 2 fully saturated rings. The monoisotopic (exact) mass is 259 g/mol. The number of nitrogens with zero attached hydrogens (tertiary/aromatic N) is 2. The second-order valence-corrected chi connectivity index (χ2v) is 7.19. The fourth-order valence-corrected chi connectivity index (χ4v) is 4.25. The third-order valence-corrected chi connectivity index (χ3v) is 6.16. The first-order valence-electron chi connectivity index (χ1n) is 7.44. The molecule has 104 valence electrons. The van der Waals surface area contributed by atoms with Crippen LogP contribution in [0.3, 0.4) is 0 Å². The molecule has 3 atom stereocenters. The third kappa shape index (κ3) is 1.90. The molecule has 2 bridgehead atoms. The van der Waals surface area contributed by atoms with E-state index in [4.69, 9.17) is 0 Å². The molecule has 1 N–H and O–H groups in total. The van der Waals surface area contributed by atoms with Gasteiger partial charge in [0.1, 0.15) is 0 Å². The topological polar surface area (TPSA) is 37.8 Å². The normalized spacial score (nSPS) is 35.8. The molecule has 0 spiro atoms. The Morgan fingerprint density at radius 1 is 1.26 bits per heavy atom. The van der Waals surface area contributed by atoms with Crippen molar-refractivity contribution >= 4 is 0 Å². The summed E-state index contributed by atoms with van der Waals surface area (Å²) in [6, 6.07) is 0.629. The Balaban J connectivity index is 1.67. The van der Waals surface area contributed by atoms with E-state index in [-0.39, 0.29) is 0 Å². The van der Waals surface area contributed by atoms with E-state index in [2.05, 4.69) is 36.1 Å². The van der Waals surface area contributed by atoms with E-state index in [0.717, 1.165) is 23.9 Å². The van der Waals surface area contributed by atoms with E-state index in [9.17, 15) is 0 Å². The number of rotatable bonds is 3. The van der Waals surface area contributed by atoms with Gasteiger partial charge in [0.2, 0.25) is 0 Å². The van der Waals surface area contributed by atoms with Crippen molar-refractivity contribution in [2.45, 2.75) is 59.5 Å². The Bertz CT molecular complexity index is 465. The minimum absolute atomic E-state index is 0.440. The lowest BCUT2D eigenvalue weighted by molar-refractivity contribution is 0.120. The van der Waals surface area contributed by atoms with Gasteiger partial charge in [0.25, 0.3) is 0 Å². The molecule has 0 radical (unpaired) electrons. The highest BCUT2D eigenvalue weighted by atomic mass is 15.0. The van der Waals surface area contributed by atoms with Gasteiger partial charge in [0.15, 0.2) is 0 Å². The number of aromatic nitrogens is 2. The summed E-state index contributed by atoms with van der Waals surface area (Å²) in [6.45, 7) is 10.2. The van der Waals surface area contributed by atoms with Crippen molar-refractivity contribution in [3.8, 4) is 0 Å². The van der Waals surface area contributed by atoms with E-state index in [1.807, 2.05) is 19.3 Å². The highest BCUT2D eigenvalue weighted by Crippen LogP contribution is 2.65. The van der Waals surface area contributed by atoms with Crippen LogP contribution in [0.4, 0.5) is 0 Å². The van der Waals surface area contributed by atoms with Crippen LogP contribution >= 0.6 is 0 Å². The van der Waals surface area contributed by atoms with E-state index >= 15 is 0 Å². The Morgan fingerprint density at radius 2 is 2.05 bits per heavy atom. The molecule has 3 rings (SSSR count). The lowest BCUT2D eigenvalue weighted by Crippen LogP contribution is -2.44. The first-order chi connectivity index (χ1) is 8.93. The number of fused-ring (bicyclic) bond motifs is 2. The van der Waals surface area contributed by atoms with Crippen molar-refractivity contribution in [3.63, 3.8) is 0 Å². The quantitative estimate of drug-likeness (QED) is 0.906. The number of hydrogen-bond acceptors (Lipinski definition) is 3. The first-order valence-corrected chi connectivity index (χ1v) is 7.44. The molecule has 0 saturated heterocycles. The van der Waals surface area contributed by atoms with Gasteiger partial charge in [-0.2, -0.15) is 0 Å². The molecule has 2 aliphatic carbocycles. The average molecular weight is 259 g/mol. The van der Waals surface area contributed by atoms with Crippen molar-refractivity contribution in [3.05, 3.63) is 23.8 Å². The summed E-state index contributed by atoms with van der Waals surface area (Å²) in [6.07, 6.45) is 7.84. The maximum atomic E-state index is 4.44.